The molecule has 1 heterocycles. The highest BCUT2D eigenvalue weighted by Gasteiger charge is 2.43. The van der Waals surface area contributed by atoms with Gasteiger partial charge < -0.3 is 19.9 Å². The number of methoxy groups -OCH3 is 1. The van der Waals surface area contributed by atoms with Crippen molar-refractivity contribution in [2.75, 3.05) is 26.9 Å². The normalized spacial score (nSPS) is 20.1. The van der Waals surface area contributed by atoms with Gasteiger partial charge in [-0.1, -0.05) is 6.42 Å². The van der Waals surface area contributed by atoms with Gasteiger partial charge in [-0.2, -0.15) is 0 Å². The molecule has 0 unspecified atom stereocenters. The Morgan fingerprint density at radius 3 is 2.67 bits per heavy atom. The molecule has 1 aromatic carbocycles. The molecule has 0 amide bonds. The van der Waals surface area contributed by atoms with E-state index in [1.807, 2.05) is 12.1 Å². The molecule has 0 bridgehead atoms. The van der Waals surface area contributed by atoms with Crippen LogP contribution in [0, 0.1) is 0 Å². The van der Waals surface area contributed by atoms with Gasteiger partial charge in [0.05, 0.1) is 7.11 Å². The Balaban J connectivity index is 2.15. The summed E-state index contributed by atoms with van der Waals surface area (Å²) in [5.41, 5.74) is 7.12. The fraction of sp³-hybridized carbons (Fsp3) is 0.571. The third-order valence-corrected chi connectivity index (χ3v) is 4.12. The first-order valence-electron chi connectivity index (χ1n) is 6.48. The highest BCUT2D eigenvalue weighted by Crippen LogP contribution is 2.53. The Hall–Kier alpha value is -1.42. The van der Waals surface area contributed by atoms with Crippen molar-refractivity contribution >= 4 is 0 Å². The molecule has 0 aromatic heterocycles. The Morgan fingerprint density at radius 2 is 2.06 bits per heavy atom. The Kier molecular flexibility index (Phi) is 2.82. The highest BCUT2D eigenvalue weighted by atomic mass is 16.6. The summed E-state index contributed by atoms with van der Waals surface area (Å²) < 4.78 is 17.0. The van der Waals surface area contributed by atoms with Crippen LogP contribution < -0.4 is 19.9 Å². The van der Waals surface area contributed by atoms with Crippen LogP contribution in [0.4, 0.5) is 0 Å². The lowest BCUT2D eigenvalue weighted by atomic mass is 9.64. The summed E-state index contributed by atoms with van der Waals surface area (Å²) in [6, 6.07) is 3.87. The second kappa shape index (κ2) is 4.35. The summed E-state index contributed by atoms with van der Waals surface area (Å²) in [5, 5.41) is 0. The average molecular weight is 249 g/mol. The van der Waals surface area contributed by atoms with Crippen molar-refractivity contribution in [2.45, 2.75) is 24.7 Å². The molecule has 2 aliphatic rings. The fourth-order valence-electron chi connectivity index (χ4n) is 2.93. The van der Waals surface area contributed by atoms with Gasteiger partial charge in [0.1, 0.15) is 19.0 Å². The standard InChI is InChI=1S/C14H19NO3/c1-16-10-3-4-11-13(18-8-7-17-11)12(10)14(9-15)5-2-6-14/h3-4H,2,5-9,15H2,1H3. The van der Waals surface area contributed by atoms with Gasteiger partial charge in [-0.25, -0.2) is 0 Å². The molecule has 1 saturated carbocycles. The Morgan fingerprint density at radius 1 is 1.28 bits per heavy atom. The van der Waals surface area contributed by atoms with Gasteiger partial charge >= 0.3 is 0 Å². The van der Waals surface area contributed by atoms with Crippen molar-refractivity contribution in [1.29, 1.82) is 0 Å². The monoisotopic (exact) mass is 249 g/mol. The van der Waals surface area contributed by atoms with Gasteiger partial charge in [0.2, 0.25) is 0 Å². The molecule has 1 fully saturated rings. The second-order valence-corrected chi connectivity index (χ2v) is 5.01. The van der Waals surface area contributed by atoms with E-state index >= 15 is 0 Å². The lowest BCUT2D eigenvalue weighted by molar-refractivity contribution is 0.157. The molecule has 18 heavy (non-hydrogen) atoms. The van der Waals surface area contributed by atoms with Crippen LogP contribution in [0.15, 0.2) is 12.1 Å². The maximum atomic E-state index is 6.01. The third kappa shape index (κ3) is 1.56. The molecule has 3 rings (SSSR count). The number of fused-ring (bicyclic) bond motifs is 1. The topological polar surface area (TPSA) is 53.7 Å². The lowest BCUT2D eigenvalue weighted by Crippen LogP contribution is -2.42. The maximum absolute atomic E-state index is 6.01. The zero-order valence-corrected chi connectivity index (χ0v) is 10.7. The highest BCUT2D eigenvalue weighted by molar-refractivity contribution is 5.58. The third-order valence-electron chi connectivity index (χ3n) is 4.12. The molecule has 1 aromatic rings. The first-order chi connectivity index (χ1) is 8.80. The predicted octanol–water partition coefficient (Wildman–Crippen LogP) is 1.85. The van der Waals surface area contributed by atoms with Gasteiger partial charge in [-0.05, 0) is 25.0 Å². The molecule has 1 aliphatic heterocycles. The molecular weight excluding hydrogens is 230 g/mol. The summed E-state index contributed by atoms with van der Waals surface area (Å²) in [6.45, 7) is 1.82. The largest absolute Gasteiger partial charge is 0.496 e. The van der Waals surface area contributed by atoms with Gasteiger partial charge in [-0.3, -0.25) is 0 Å². The van der Waals surface area contributed by atoms with E-state index < -0.39 is 0 Å². The average Bonchev–Trinajstić information content (AvgIpc) is 2.38. The SMILES string of the molecule is COc1ccc2c(c1C1(CN)CCC1)OCCO2. The van der Waals surface area contributed by atoms with Crippen molar-refractivity contribution in [3.05, 3.63) is 17.7 Å². The summed E-state index contributed by atoms with van der Waals surface area (Å²) in [5.74, 6) is 2.52. The van der Waals surface area contributed by atoms with Crippen molar-refractivity contribution in [1.82, 2.24) is 0 Å². The van der Waals surface area contributed by atoms with Crippen LogP contribution in [-0.4, -0.2) is 26.9 Å². The van der Waals surface area contributed by atoms with E-state index in [2.05, 4.69) is 0 Å². The Labute approximate surface area is 107 Å². The lowest BCUT2D eigenvalue weighted by Gasteiger charge is -2.43. The zero-order chi connectivity index (χ0) is 12.6. The summed E-state index contributed by atoms with van der Waals surface area (Å²) in [6.07, 6.45) is 3.41. The summed E-state index contributed by atoms with van der Waals surface area (Å²) in [4.78, 5) is 0. The number of benzene rings is 1. The number of hydrogen-bond acceptors (Lipinski definition) is 4. The first kappa shape index (κ1) is 11.7. The zero-order valence-electron chi connectivity index (χ0n) is 10.7. The van der Waals surface area contributed by atoms with Crippen LogP contribution >= 0.6 is 0 Å². The van der Waals surface area contributed by atoms with E-state index in [9.17, 15) is 0 Å². The second-order valence-electron chi connectivity index (χ2n) is 5.01. The van der Waals surface area contributed by atoms with E-state index in [-0.39, 0.29) is 5.41 Å². The van der Waals surface area contributed by atoms with Crippen LogP contribution in [0.1, 0.15) is 24.8 Å². The van der Waals surface area contributed by atoms with Crippen LogP contribution in [0.5, 0.6) is 17.2 Å². The van der Waals surface area contributed by atoms with E-state index in [0.29, 0.717) is 19.8 Å². The minimum absolute atomic E-state index is 0.0113. The van der Waals surface area contributed by atoms with Crippen LogP contribution in [0.3, 0.4) is 0 Å². The number of nitrogens with two attached hydrogens (primary N) is 1. The number of ether oxygens (including phenoxy) is 3. The predicted molar refractivity (Wildman–Crippen MR) is 68.6 cm³/mol. The molecule has 0 atom stereocenters. The molecule has 0 spiro atoms. The van der Waals surface area contributed by atoms with Gasteiger partial charge in [0, 0.05) is 17.5 Å². The minimum atomic E-state index is 0.0113. The van der Waals surface area contributed by atoms with Crippen LogP contribution in [0.25, 0.3) is 0 Å². The quantitative estimate of drug-likeness (QED) is 0.888. The smallest absolute Gasteiger partial charge is 0.168 e. The van der Waals surface area contributed by atoms with Crippen molar-refractivity contribution < 1.29 is 14.2 Å². The summed E-state index contributed by atoms with van der Waals surface area (Å²) >= 11 is 0. The Bertz CT molecular complexity index is 449. The van der Waals surface area contributed by atoms with Crippen molar-refractivity contribution in [3.8, 4) is 17.2 Å². The van der Waals surface area contributed by atoms with Crippen molar-refractivity contribution in [2.24, 2.45) is 5.73 Å². The van der Waals surface area contributed by atoms with Crippen LogP contribution in [-0.2, 0) is 5.41 Å². The minimum Gasteiger partial charge on any atom is -0.496 e. The number of hydrogen-bond donors (Lipinski definition) is 1. The van der Waals surface area contributed by atoms with E-state index in [0.717, 1.165) is 35.7 Å². The first-order valence-corrected chi connectivity index (χ1v) is 6.48. The molecular formula is C14H19NO3. The molecule has 2 N–H and O–H groups in total. The van der Waals surface area contributed by atoms with Gasteiger partial charge in [0.15, 0.2) is 11.5 Å². The molecule has 98 valence electrons. The molecule has 1 aliphatic carbocycles. The van der Waals surface area contributed by atoms with E-state index in [4.69, 9.17) is 19.9 Å². The molecule has 4 heteroatoms. The molecule has 4 nitrogen and oxygen atoms in total. The van der Waals surface area contributed by atoms with Crippen LogP contribution in [0.2, 0.25) is 0 Å². The van der Waals surface area contributed by atoms with Gasteiger partial charge in [-0.15, -0.1) is 0 Å². The van der Waals surface area contributed by atoms with Crippen molar-refractivity contribution in [3.63, 3.8) is 0 Å². The number of rotatable bonds is 3. The molecule has 0 saturated heterocycles. The summed E-state index contributed by atoms with van der Waals surface area (Å²) in [7, 11) is 1.69. The maximum Gasteiger partial charge on any atom is 0.168 e. The molecule has 0 radical (unpaired) electrons. The van der Waals surface area contributed by atoms with Gasteiger partial charge in [0.25, 0.3) is 0 Å². The van der Waals surface area contributed by atoms with E-state index in [1.165, 1.54) is 6.42 Å². The van der Waals surface area contributed by atoms with E-state index in [1.54, 1.807) is 7.11 Å². The fourth-order valence-corrected chi connectivity index (χ4v) is 2.93.